The molecule has 2 rings (SSSR count). The molecule has 1 atom stereocenters. The topological polar surface area (TPSA) is 70.0 Å². The lowest BCUT2D eigenvalue weighted by Crippen LogP contribution is -2.47. The van der Waals surface area contributed by atoms with E-state index in [4.69, 9.17) is 0 Å². The molecule has 1 N–H and O–H groups in total. The Labute approximate surface area is 119 Å². The van der Waals surface area contributed by atoms with Crippen LogP contribution in [-0.2, 0) is 10.0 Å². The predicted molar refractivity (Wildman–Crippen MR) is 74.7 cm³/mol. The monoisotopic (exact) mass is 346 g/mol. The zero-order valence-corrected chi connectivity index (χ0v) is 12.6. The number of halogens is 1. The summed E-state index contributed by atoms with van der Waals surface area (Å²) in [5.41, 5.74) is -0.966. The molecule has 0 aromatic heterocycles. The fourth-order valence-corrected chi connectivity index (χ4v) is 5.01. The van der Waals surface area contributed by atoms with Gasteiger partial charge in [-0.15, -0.1) is 0 Å². The number of nitrogens with zero attached hydrogens (tertiary/aromatic N) is 1. The maximum atomic E-state index is 12.2. The average molecular weight is 347 g/mol. The molecule has 0 aliphatic carbocycles. The molecule has 7 heteroatoms. The van der Waals surface area contributed by atoms with Gasteiger partial charge in [0.15, 0.2) is 0 Å². The fourth-order valence-electron chi connectivity index (χ4n) is 1.71. The number of sulfonamides is 1. The molecule has 1 saturated heterocycles. The van der Waals surface area contributed by atoms with Crippen LogP contribution in [0.1, 0.15) is 6.42 Å². The first-order chi connectivity index (χ1) is 8.47. The summed E-state index contributed by atoms with van der Waals surface area (Å²) in [6, 6.07) is 8.54. The highest BCUT2D eigenvalue weighted by atomic mass is 79.9. The minimum Gasteiger partial charge on any atom is -0.207 e. The fraction of sp³-hybridized carbons (Fsp3) is 0.364. The quantitative estimate of drug-likeness (QED) is 0.909. The number of nitrogens with one attached hydrogen (secondary N) is 1. The summed E-state index contributed by atoms with van der Waals surface area (Å²) in [5.74, 6) is 1.30. The van der Waals surface area contributed by atoms with Crippen LogP contribution in [0.3, 0.4) is 0 Å². The van der Waals surface area contributed by atoms with Gasteiger partial charge in [0.2, 0.25) is 10.0 Å². The van der Waals surface area contributed by atoms with Crippen molar-refractivity contribution >= 4 is 37.7 Å². The van der Waals surface area contributed by atoms with Crippen molar-refractivity contribution in [1.82, 2.24) is 4.72 Å². The number of benzene rings is 1. The van der Waals surface area contributed by atoms with Crippen LogP contribution in [0.25, 0.3) is 0 Å². The SMILES string of the molecule is N#C[C@@]1(NS(=O)(=O)c2cccc(Br)c2)CCSC1. The first-order valence-electron chi connectivity index (χ1n) is 5.26. The Morgan fingerprint density at radius 1 is 1.50 bits per heavy atom. The average Bonchev–Trinajstić information content (AvgIpc) is 2.77. The summed E-state index contributed by atoms with van der Waals surface area (Å²) < 4.78 is 27.6. The normalized spacial score (nSPS) is 23.8. The van der Waals surface area contributed by atoms with Crippen LogP contribution in [0.4, 0.5) is 0 Å². The van der Waals surface area contributed by atoms with E-state index < -0.39 is 15.6 Å². The van der Waals surface area contributed by atoms with Gasteiger partial charge in [-0.25, -0.2) is 8.42 Å². The van der Waals surface area contributed by atoms with Crippen molar-refractivity contribution in [3.63, 3.8) is 0 Å². The molecule has 0 amide bonds. The minimum absolute atomic E-state index is 0.170. The van der Waals surface area contributed by atoms with E-state index in [0.717, 1.165) is 5.75 Å². The van der Waals surface area contributed by atoms with Crippen molar-refractivity contribution in [2.75, 3.05) is 11.5 Å². The van der Waals surface area contributed by atoms with Crippen LogP contribution in [-0.4, -0.2) is 25.5 Å². The van der Waals surface area contributed by atoms with E-state index in [1.807, 2.05) is 0 Å². The molecule has 4 nitrogen and oxygen atoms in total. The molecular weight excluding hydrogens is 336 g/mol. The number of hydrogen-bond donors (Lipinski definition) is 1. The Hall–Kier alpha value is -0.550. The highest BCUT2D eigenvalue weighted by molar-refractivity contribution is 9.10. The van der Waals surface area contributed by atoms with Crippen molar-refractivity contribution in [2.45, 2.75) is 16.9 Å². The van der Waals surface area contributed by atoms with Crippen molar-refractivity contribution in [1.29, 1.82) is 5.26 Å². The van der Waals surface area contributed by atoms with Crippen LogP contribution in [0, 0.1) is 11.3 Å². The minimum atomic E-state index is -3.65. The number of hydrogen-bond acceptors (Lipinski definition) is 4. The summed E-state index contributed by atoms with van der Waals surface area (Å²) in [6.45, 7) is 0. The van der Waals surface area contributed by atoms with E-state index in [1.54, 1.807) is 23.9 Å². The van der Waals surface area contributed by atoms with Crippen LogP contribution in [0.5, 0.6) is 0 Å². The first kappa shape index (κ1) is 13.9. The molecule has 0 spiro atoms. The number of thioether (sulfide) groups is 1. The Balaban J connectivity index is 2.30. The van der Waals surface area contributed by atoms with Gasteiger partial charge in [-0.1, -0.05) is 22.0 Å². The Bertz CT molecular complexity index is 589. The maximum absolute atomic E-state index is 12.2. The smallest absolute Gasteiger partial charge is 0.207 e. The third-order valence-electron chi connectivity index (χ3n) is 2.67. The maximum Gasteiger partial charge on any atom is 0.242 e. The Morgan fingerprint density at radius 3 is 2.83 bits per heavy atom. The Kier molecular flexibility index (Phi) is 4.02. The summed E-state index contributed by atoms with van der Waals surface area (Å²) in [5, 5.41) is 9.18. The molecule has 1 fully saturated rings. The summed E-state index contributed by atoms with van der Waals surface area (Å²) in [7, 11) is -3.65. The second-order valence-electron chi connectivity index (χ2n) is 4.06. The highest BCUT2D eigenvalue weighted by Crippen LogP contribution is 2.29. The van der Waals surface area contributed by atoms with Crippen molar-refractivity contribution in [3.8, 4) is 6.07 Å². The number of rotatable bonds is 3. The molecule has 1 aromatic rings. The van der Waals surface area contributed by atoms with Crippen LogP contribution in [0.15, 0.2) is 33.6 Å². The van der Waals surface area contributed by atoms with E-state index in [2.05, 4.69) is 26.7 Å². The lowest BCUT2D eigenvalue weighted by atomic mass is 10.0. The molecule has 1 aromatic carbocycles. The van der Waals surface area contributed by atoms with Gasteiger partial charge in [0, 0.05) is 10.2 Å². The molecule has 0 unspecified atom stereocenters. The molecular formula is C11H11BrN2O2S2. The zero-order chi connectivity index (χ0) is 13.2. The molecule has 18 heavy (non-hydrogen) atoms. The largest absolute Gasteiger partial charge is 0.242 e. The van der Waals surface area contributed by atoms with Crippen molar-refractivity contribution in [2.24, 2.45) is 0 Å². The van der Waals surface area contributed by atoms with Crippen LogP contribution in [0.2, 0.25) is 0 Å². The zero-order valence-electron chi connectivity index (χ0n) is 9.39. The van der Waals surface area contributed by atoms with Crippen molar-refractivity contribution < 1.29 is 8.42 Å². The van der Waals surface area contributed by atoms with Gasteiger partial charge in [0.1, 0.15) is 5.54 Å². The molecule has 0 bridgehead atoms. The predicted octanol–water partition coefficient (Wildman–Crippen LogP) is 2.13. The number of nitriles is 1. The standard InChI is InChI=1S/C11H11BrN2O2S2/c12-9-2-1-3-10(6-9)18(15,16)14-11(7-13)4-5-17-8-11/h1-3,6,14H,4-5,8H2/t11-/m0/s1. The summed E-state index contributed by atoms with van der Waals surface area (Å²) >= 11 is 4.82. The van der Waals surface area contributed by atoms with Crippen molar-refractivity contribution in [3.05, 3.63) is 28.7 Å². The highest BCUT2D eigenvalue weighted by Gasteiger charge is 2.38. The van der Waals surface area contributed by atoms with Gasteiger partial charge in [-0.2, -0.15) is 21.7 Å². The second kappa shape index (κ2) is 5.21. The van der Waals surface area contributed by atoms with E-state index in [-0.39, 0.29) is 4.90 Å². The summed E-state index contributed by atoms with van der Waals surface area (Å²) in [6.07, 6.45) is 0.543. The first-order valence-corrected chi connectivity index (χ1v) is 8.69. The van der Waals surface area contributed by atoms with Gasteiger partial charge >= 0.3 is 0 Å². The lowest BCUT2D eigenvalue weighted by Gasteiger charge is -2.21. The van der Waals surface area contributed by atoms with Gasteiger partial charge in [0.25, 0.3) is 0 Å². The summed E-state index contributed by atoms with van der Waals surface area (Å²) in [4.78, 5) is 0.170. The van der Waals surface area contributed by atoms with E-state index >= 15 is 0 Å². The molecule has 1 aliphatic rings. The third-order valence-corrected chi connectivity index (χ3v) is 5.89. The van der Waals surface area contributed by atoms with Crippen LogP contribution >= 0.6 is 27.7 Å². The van der Waals surface area contributed by atoms with E-state index in [1.165, 1.54) is 12.1 Å². The molecule has 1 aliphatic heterocycles. The lowest BCUT2D eigenvalue weighted by molar-refractivity contribution is 0.515. The van der Waals surface area contributed by atoms with Crippen LogP contribution < -0.4 is 4.72 Å². The Morgan fingerprint density at radius 2 is 2.28 bits per heavy atom. The molecule has 0 radical (unpaired) electrons. The van der Waals surface area contributed by atoms with Gasteiger partial charge in [-0.05, 0) is 30.4 Å². The van der Waals surface area contributed by atoms with Gasteiger partial charge in [-0.3, -0.25) is 0 Å². The second-order valence-corrected chi connectivity index (χ2v) is 7.76. The molecule has 0 saturated carbocycles. The van der Waals surface area contributed by atoms with Gasteiger partial charge in [0.05, 0.1) is 11.0 Å². The van der Waals surface area contributed by atoms with Gasteiger partial charge < -0.3 is 0 Å². The van der Waals surface area contributed by atoms with E-state index in [9.17, 15) is 13.7 Å². The molecule has 96 valence electrons. The molecule has 1 heterocycles. The van der Waals surface area contributed by atoms with E-state index in [0.29, 0.717) is 16.6 Å². The third kappa shape index (κ3) is 2.88.